The van der Waals surface area contributed by atoms with E-state index in [1.807, 2.05) is 25.4 Å². The third kappa shape index (κ3) is 2.14. The zero-order valence-electron chi connectivity index (χ0n) is 8.30. The van der Waals surface area contributed by atoms with Crippen molar-refractivity contribution in [3.8, 4) is 0 Å². The molecule has 0 radical (unpaired) electrons. The largest absolute Gasteiger partial charge is 0.363 e. The van der Waals surface area contributed by atoms with E-state index < -0.39 is 0 Å². The van der Waals surface area contributed by atoms with Crippen molar-refractivity contribution >= 4 is 28.3 Å². The van der Waals surface area contributed by atoms with Crippen LogP contribution in [-0.2, 0) is 0 Å². The van der Waals surface area contributed by atoms with Crippen molar-refractivity contribution < 1.29 is 0 Å². The Morgan fingerprint density at radius 1 is 1.40 bits per heavy atom. The topological polar surface area (TPSA) is 25.2 Å². The maximum atomic E-state index is 11.6. The van der Waals surface area contributed by atoms with Crippen molar-refractivity contribution in [2.75, 3.05) is 7.05 Å². The highest BCUT2D eigenvalue weighted by Crippen LogP contribution is 2.18. The highest BCUT2D eigenvalue weighted by Gasteiger charge is 2.10. The summed E-state index contributed by atoms with van der Waals surface area (Å²) in [6.07, 6.45) is 7.78. The summed E-state index contributed by atoms with van der Waals surface area (Å²) in [5.74, 6) is 0. The van der Waals surface area contributed by atoms with Gasteiger partial charge in [-0.3, -0.25) is 9.36 Å². The third-order valence-electron chi connectivity index (χ3n) is 2.25. The minimum absolute atomic E-state index is 0.00583. The van der Waals surface area contributed by atoms with E-state index in [-0.39, 0.29) is 5.56 Å². The Bertz CT molecular complexity index is 475. The molecule has 0 spiro atoms. The van der Waals surface area contributed by atoms with Gasteiger partial charge in [-0.1, -0.05) is 34.7 Å². The van der Waals surface area contributed by atoms with Crippen LogP contribution in [0.4, 0.5) is 0 Å². The molecule has 1 unspecified atom stereocenters. The van der Waals surface area contributed by atoms with Crippen LogP contribution in [0.3, 0.4) is 0 Å². The SMILES string of the molecule is CN1C=C(n2ccccc2=O)C=CC1I. The second kappa shape index (κ2) is 4.22. The molecule has 0 amide bonds. The van der Waals surface area contributed by atoms with Gasteiger partial charge in [0.05, 0.1) is 9.75 Å². The monoisotopic (exact) mass is 314 g/mol. The lowest BCUT2D eigenvalue weighted by Crippen LogP contribution is -2.25. The van der Waals surface area contributed by atoms with Gasteiger partial charge in [0, 0.05) is 25.5 Å². The van der Waals surface area contributed by atoms with Crippen LogP contribution in [0.15, 0.2) is 47.5 Å². The molecule has 3 nitrogen and oxygen atoms in total. The number of halogens is 1. The second-order valence-electron chi connectivity index (χ2n) is 3.36. The van der Waals surface area contributed by atoms with Gasteiger partial charge in [0.2, 0.25) is 0 Å². The first-order valence-electron chi connectivity index (χ1n) is 4.62. The van der Waals surface area contributed by atoms with E-state index in [0.717, 1.165) is 5.70 Å². The van der Waals surface area contributed by atoms with Gasteiger partial charge in [-0.2, -0.15) is 0 Å². The average Bonchev–Trinajstić information content (AvgIpc) is 2.23. The Kier molecular flexibility index (Phi) is 2.95. The molecule has 1 aliphatic rings. The number of rotatable bonds is 1. The molecule has 0 N–H and O–H groups in total. The van der Waals surface area contributed by atoms with Crippen molar-refractivity contribution in [3.05, 3.63) is 53.1 Å². The van der Waals surface area contributed by atoms with Crippen molar-refractivity contribution in [2.24, 2.45) is 0 Å². The van der Waals surface area contributed by atoms with Crippen LogP contribution in [-0.4, -0.2) is 20.6 Å². The standard InChI is InChI=1S/C11H11IN2O/c1-13-8-9(5-6-10(13)12)14-7-3-2-4-11(14)15/h2-8,10H,1H3. The molecule has 1 aliphatic heterocycles. The lowest BCUT2D eigenvalue weighted by atomic mass is 10.3. The van der Waals surface area contributed by atoms with Crippen LogP contribution < -0.4 is 5.56 Å². The summed E-state index contributed by atoms with van der Waals surface area (Å²) >= 11 is 2.33. The summed E-state index contributed by atoms with van der Waals surface area (Å²) in [4.78, 5) is 13.6. The number of pyridine rings is 1. The molecular weight excluding hydrogens is 303 g/mol. The predicted molar refractivity (Wildman–Crippen MR) is 69.7 cm³/mol. The van der Waals surface area contributed by atoms with Crippen molar-refractivity contribution in [1.29, 1.82) is 0 Å². The van der Waals surface area contributed by atoms with Crippen molar-refractivity contribution in [3.63, 3.8) is 0 Å². The summed E-state index contributed by atoms with van der Waals surface area (Å²) in [5, 5.41) is 0. The molecule has 2 rings (SSSR count). The van der Waals surface area contributed by atoms with Crippen LogP contribution >= 0.6 is 22.6 Å². The van der Waals surface area contributed by atoms with Crippen LogP contribution in [0.1, 0.15) is 0 Å². The smallest absolute Gasteiger partial charge is 0.255 e. The molecule has 4 heteroatoms. The van der Waals surface area contributed by atoms with E-state index >= 15 is 0 Å². The first-order chi connectivity index (χ1) is 7.18. The van der Waals surface area contributed by atoms with Gasteiger partial charge in [0.15, 0.2) is 0 Å². The van der Waals surface area contributed by atoms with Crippen LogP contribution in [0, 0.1) is 0 Å². The van der Waals surface area contributed by atoms with Crippen LogP contribution in [0.25, 0.3) is 5.70 Å². The van der Waals surface area contributed by atoms with Gasteiger partial charge >= 0.3 is 0 Å². The van der Waals surface area contributed by atoms with Gasteiger partial charge in [0.25, 0.3) is 5.56 Å². The van der Waals surface area contributed by atoms with E-state index in [1.165, 1.54) is 0 Å². The van der Waals surface area contributed by atoms with E-state index in [4.69, 9.17) is 0 Å². The molecule has 78 valence electrons. The molecule has 1 atom stereocenters. The quantitative estimate of drug-likeness (QED) is 0.449. The first-order valence-corrected chi connectivity index (χ1v) is 5.87. The van der Waals surface area contributed by atoms with E-state index in [2.05, 4.69) is 33.6 Å². The summed E-state index contributed by atoms with van der Waals surface area (Å²) < 4.78 is 1.99. The fourth-order valence-electron chi connectivity index (χ4n) is 1.42. The molecular formula is C11H11IN2O. The average molecular weight is 314 g/mol. The summed E-state index contributed by atoms with van der Waals surface area (Å²) in [5.41, 5.74) is 0.893. The lowest BCUT2D eigenvalue weighted by Gasteiger charge is -2.24. The maximum Gasteiger partial charge on any atom is 0.255 e. The van der Waals surface area contributed by atoms with E-state index in [9.17, 15) is 4.79 Å². The highest BCUT2D eigenvalue weighted by molar-refractivity contribution is 14.1. The number of hydrogen-bond donors (Lipinski definition) is 0. The first kappa shape index (κ1) is 10.5. The Morgan fingerprint density at radius 3 is 2.87 bits per heavy atom. The maximum absolute atomic E-state index is 11.6. The molecule has 0 saturated heterocycles. The number of allylic oxidation sites excluding steroid dienone is 2. The Labute approximate surface area is 102 Å². The van der Waals surface area contributed by atoms with Crippen molar-refractivity contribution in [2.45, 2.75) is 4.05 Å². The molecule has 15 heavy (non-hydrogen) atoms. The molecule has 2 heterocycles. The fourth-order valence-corrected chi connectivity index (χ4v) is 1.79. The number of nitrogens with zero attached hydrogens (tertiary/aromatic N) is 2. The molecule has 1 aromatic rings. The van der Waals surface area contributed by atoms with Gasteiger partial charge in [-0.05, 0) is 12.1 Å². The molecule has 0 bridgehead atoms. The van der Waals surface area contributed by atoms with Gasteiger partial charge in [0.1, 0.15) is 0 Å². The summed E-state index contributed by atoms with van der Waals surface area (Å²) in [6, 6.07) is 5.16. The third-order valence-corrected chi connectivity index (χ3v) is 3.55. The number of alkyl halides is 1. The fraction of sp³-hybridized carbons (Fsp3) is 0.182. The predicted octanol–water partition coefficient (Wildman–Crippen LogP) is 1.91. The minimum atomic E-state index is -0.00583. The zero-order chi connectivity index (χ0) is 10.8. The molecule has 0 saturated carbocycles. The summed E-state index contributed by atoms with van der Waals surface area (Å²) in [6.45, 7) is 0. The Hall–Kier alpha value is -1.04. The minimum Gasteiger partial charge on any atom is -0.363 e. The number of hydrogen-bond acceptors (Lipinski definition) is 2. The molecule has 0 fully saturated rings. The van der Waals surface area contributed by atoms with Crippen LogP contribution in [0.5, 0.6) is 0 Å². The molecule has 0 aromatic carbocycles. The highest BCUT2D eigenvalue weighted by atomic mass is 127. The van der Waals surface area contributed by atoms with E-state index in [1.54, 1.807) is 22.9 Å². The van der Waals surface area contributed by atoms with Gasteiger partial charge < -0.3 is 4.90 Å². The van der Waals surface area contributed by atoms with Crippen molar-refractivity contribution in [1.82, 2.24) is 9.47 Å². The normalized spacial score (nSPS) is 20.3. The lowest BCUT2D eigenvalue weighted by molar-refractivity contribution is 0.487. The van der Waals surface area contributed by atoms with Gasteiger partial charge in [-0.15, -0.1) is 0 Å². The Balaban J connectivity index is 2.42. The zero-order valence-corrected chi connectivity index (χ0v) is 10.5. The number of aromatic nitrogens is 1. The van der Waals surface area contributed by atoms with E-state index in [0.29, 0.717) is 4.05 Å². The molecule has 0 aliphatic carbocycles. The second-order valence-corrected chi connectivity index (χ2v) is 4.64. The van der Waals surface area contributed by atoms with Crippen LogP contribution in [0.2, 0.25) is 0 Å². The molecule has 1 aromatic heterocycles. The number of likely N-dealkylation sites (N-methyl/N-ethyl adjacent to an activating group) is 1. The Morgan fingerprint density at radius 2 is 2.20 bits per heavy atom. The van der Waals surface area contributed by atoms with Gasteiger partial charge in [-0.25, -0.2) is 0 Å². The summed E-state index contributed by atoms with van der Waals surface area (Å²) in [7, 11) is 1.99.